The summed E-state index contributed by atoms with van der Waals surface area (Å²) in [5.74, 6) is -0.401. The summed E-state index contributed by atoms with van der Waals surface area (Å²) in [6.07, 6.45) is 1.89. The van der Waals surface area contributed by atoms with Gasteiger partial charge in [0.25, 0.3) is 0 Å². The van der Waals surface area contributed by atoms with E-state index in [1.54, 1.807) is 7.11 Å². The summed E-state index contributed by atoms with van der Waals surface area (Å²) in [4.78, 5) is 11.5. The fourth-order valence-electron chi connectivity index (χ4n) is 2.44. The summed E-state index contributed by atoms with van der Waals surface area (Å²) in [7, 11) is 1.61. The number of carboxylic acid groups (broad SMARTS) is 1. The van der Waals surface area contributed by atoms with Crippen LogP contribution in [0.2, 0.25) is 0 Å². The minimum Gasteiger partial charge on any atom is -0.496 e. The summed E-state index contributed by atoms with van der Waals surface area (Å²) in [6.45, 7) is 0. The van der Waals surface area contributed by atoms with Crippen LogP contribution in [0.5, 0.6) is 5.75 Å². The zero-order valence-electron chi connectivity index (χ0n) is 12.2. The van der Waals surface area contributed by atoms with Crippen molar-refractivity contribution in [2.75, 3.05) is 7.11 Å². The van der Waals surface area contributed by atoms with Crippen LogP contribution in [-0.2, 0) is 17.6 Å². The lowest BCUT2D eigenvalue weighted by Crippen LogP contribution is -2.17. The highest BCUT2D eigenvalue weighted by Crippen LogP contribution is 2.23. The molecule has 0 bridgehead atoms. The molecule has 0 saturated heterocycles. The van der Waals surface area contributed by atoms with Crippen molar-refractivity contribution in [2.45, 2.75) is 19.3 Å². The second-order valence-electron chi connectivity index (χ2n) is 5.08. The monoisotopic (exact) mass is 284 g/mol. The van der Waals surface area contributed by atoms with E-state index in [-0.39, 0.29) is 0 Å². The number of rotatable bonds is 7. The van der Waals surface area contributed by atoms with Crippen LogP contribution in [0.1, 0.15) is 17.5 Å². The Morgan fingerprint density at radius 1 is 1.10 bits per heavy atom. The van der Waals surface area contributed by atoms with E-state index in [9.17, 15) is 9.90 Å². The van der Waals surface area contributed by atoms with Gasteiger partial charge in [-0.05, 0) is 36.5 Å². The molecule has 2 rings (SSSR count). The van der Waals surface area contributed by atoms with Crippen LogP contribution >= 0.6 is 0 Å². The molecule has 0 saturated carbocycles. The maximum atomic E-state index is 11.5. The summed E-state index contributed by atoms with van der Waals surface area (Å²) in [5, 5.41) is 9.44. The number of hydrogen-bond acceptors (Lipinski definition) is 2. The molecular formula is C18H20O3. The van der Waals surface area contributed by atoms with Gasteiger partial charge in [0.1, 0.15) is 5.75 Å². The number of aliphatic carboxylic acids is 1. The standard InChI is InChI=1S/C18H20O3/c1-21-17-10-6-5-9-15(17)13-16(18(19)20)12-11-14-7-3-2-4-8-14/h2-10,16H,11-13H2,1H3,(H,19,20). The first-order valence-corrected chi connectivity index (χ1v) is 7.09. The Kier molecular flexibility index (Phi) is 5.38. The molecule has 3 nitrogen and oxygen atoms in total. The first-order chi connectivity index (χ1) is 10.2. The Labute approximate surface area is 125 Å². The van der Waals surface area contributed by atoms with Crippen molar-refractivity contribution >= 4 is 5.97 Å². The van der Waals surface area contributed by atoms with Gasteiger partial charge < -0.3 is 9.84 Å². The van der Waals surface area contributed by atoms with E-state index in [0.29, 0.717) is 12.8 Å². The molecule has 1 N–H and O–H groups in total. The van der Waals surface area contributed by atoms with E-state index < -0.39 is 11.9 Å². The van der Waals surface area contributed by atoms with Crippen LogP contribution in [0.3, 0.4) is 0 Å². The molecule has 1 unspecified atom stereocenters. The molecule has 2 aromatic rings. The largest absolute Gasteiger partial charge is 0.496 e. The number of ether oxygens (including phenoxy) is 1. The Bertz CT molecular complexity index is 578. The van der Waals surface area contributed by atoms with Gasteiger partial charge in [-0.3, -0.25) is 4.79 Å². The van der Waals surface area contributed by atoms with Crippen molar-refractivity contribution in [3.05, 3.63) is 65.7 Å². The molecule has 0 radical (unpaired) electrons. The number of carboxylic acids is 1. The highest BCUT2D eigenvalue weighted by molar-refractivity contribution is 5.70. The molecule has 0 aliphatic carbocycles. The van der Waals surface area contributed by atoms with Gasteiger partial charge in [0.15, 0.2) is 0 Å². The van der Waals surface area contributed by atoms with Crippen LogP contribution in [0.25, 0.3) is 0 Å². The maximum Gasteiger partial charge on any atom is 0.306 e. The molecule has 3 heteroatoms. The molecule has 21 heavy (non-hydrogen) atoms. The molecule has 0 aromatic heterocycles. The number of hydrogen-bond donors (Lipinski definition) is 1. The number of methoxy groups -OCH3 is 1. The zero-order valence-corrected chi connectivity index (χ0v) is 12.2. The van der Waals surface area contributed by atoms with Gasteiger partial charge >= 0.3 is 5.97 Å². The third-order valence-electron chi connectivity index (χ3n) is 3.63. The van der Waals surface area contributed by atoms with Gasteiger partial charge in [-0.15, -0.1) is 0 Å². The third-order valence-corrected chi connectivity index (χ3v) is 3.63. The van der Waals surface area contributed by atoms with E-state index in [1.807, 2.05) is 54.6 Å². The van der Waals surface area contributed by atoms with Crippen molar-refractivity contribution < 1.29 is 14.6 Å². The smallest absolute Gasteiger partial charge is 0.306 e. The predicted molar refractivity (Wildman–Crippen MR) is 82.6 cm³/mol. The molecule has 110 valence electrons. The van der Waals surface area contributed by atoms with Gasteiger partial charge in [0, 0.05) is 0 Å². The molecule has 0 aliphatic heterocycles. The van der Waals surface area contributed by atoms with Crippen molar-refractivity contribution in [2.24, 2.45) is 5.92 Å². The minimum atomic E-state index is -0.753. The van der Waals surface area contributed by atoms with E-state index in [1.165, 1.54) is 5.56 Å². The van der Waals surface area contributed by atoms with E-state index in [4.69, 9.17) is 4.74 Å². The van der Waals surface area contributed by atoms with Crippen molar-refractivity contribution in [3.63, 3.8) is 0 Å². The van der Waals surface area contributed by atoms with Gasteiger partial charge in [0.05, 0.1) is 13.0 Å². The van der Waals surface area contributed by atoms with Gasteiger partial charge in [-0.2, -0.15) is 0 Å². The number of aryl methyl sites for hydroxylation is 1. The molecule has 0 spiro atoms. The van der Waals surface area contributed by atoms with Crippen LogP contribution in [0, 0.1) is 5.92 Å². The highest BCUT2D eigenvalue weighted by atomic mass is 16.5. The molecule has 0 amide bonds. The fraction of sp³-hybridized carbons (Fsp3) is 0.278. The molecular weight excluding hydrogens is 264 g/mol. The van der Waals surface area contributed by atoms with Crippen molar-refractivity contribution in [1.29, 1.82) is 0 Å². The molecule has 2 aromatic carbocycles. The van der Waals surface area contributed by atoms with E-state index in [0.717, 1.165) is 17.7 Å². The van der Waals surface area contributed by atoms with Crippen LogP contribution in [0.4, 0.5) is 0 Å². The normalized spacial score (nSPS) is 11.9. The quantitative estimate of drug-likeness (QED) is 0.845. The van der Waals surface area contributed by atoms with Gasteiger partial charge in [-0.1, -0.05) is 48.5 Å². The first-order valence-electron chi connectivity index (χ1n) is 7.09. The molecule has 0 fully saturated rings. The Morgan fingerprint density at radius 2 is 1.76 bits per heavy atom. The summed E-state index contributed by atoms with van der Waals surface area (Å²) in [6, 6.07) is 17.6. The Balaban J connectivity index is 2.04. The summed E-state index contributed by atoms with van der Waals surface area (Å²) >= 11 is 0. The number of para-hydroxylation sites is 1. The fourth-order valence-corrected chi connectivity index (χ4v) is 2.44. The number of carbonyl (C=O) groups is 1. The Hall–Kier alpha value is -2.29. The van der Waals surface area contributed by atoms with Crippen molar-refractivity contribution in [1.82, 2.24) is 0 Å². The van der Waals surface area contributed by atoms with E-state index >= 15 is 0 Å². The SMILES string of the molecule is COc1ccccc1CC(CCc1ccccc1)C(=O)O. The summed E-state index contributed by atoms with van der Waals surface area (Å²) < 4.78 is 5.30. The van der Waals surface area contributed by atoms with E-state index in [2.05, 4.69) is 0 Å². The van der Waals surface area contributed by atoms with Crippen LogP contribution in [0.15, 0.2) is 54.6 Å². The highest BCUT2D eigenvalue weighted by Gasteiger charge is 2.19. The molecule has 0 aliphatic rings. The zero-order chi connectivity index (χ0) is 15.1. The second kappa shape index (κ2) is 7.48. The van der Waals surface area contributed by atoms with Gasteiger partial charge in [0.2, 0.25) is 0 Å². The topological polar surface area (TPSA) is 46.5 Å². The third kappa shape index (κ3) is 4.35. The lowest BCUT2D eigenvalue weighted by Gasteiger charge is -2.14. The van der Waals surface area contributed by atoms with Crippen molar-refractivity contribution in [3.8, 4) is 5.75 Å². The minimum absolute atomic E-state index is 0.401. The second-order valence-corrected chi connectivity index (χ2v) is 5.08. The average molecular weight is 284 g/mol. The lowest BCUT2D eigenvalue weighted by atomic mass is 9.92. The maximum absolute atomic E-state index is 11.5. The summed E-state index contributed by atoms with van der Waals surface area (Å²) in [5.41, 5.74) is 2.12. The number of benzene rings is 2. The first kappa shape index (κ1) is 15.1. The van der Waals surface area contributed by atoms with Gasteiger partial charge in [-0.25, -0.2) is 0 Å². The molecule has 1 atom stereocenters. The van der Waals surface area contributed by atoms with Crippen LogP contribution < -0.4 is 4.74 Å². The Morgan fingerprint density at radius 3 is 2.43 bits per heavy atom. The predicted octanol–water partition coefficient (Wildman–Crippen LogP) is 3.57. The lowest BCUT2D eigenvalue weighted by molar-refractivity contribution is -0.141. The average Bonchev–Trinajstić information content (AvgIpc) is 2.52. The molecule has 0 heterocycles. The van der Waals surface area contributed by atoms with Crippen LogP contribution in [-0.4, -0.2) is 18.2 Å².